The summed E-state index contributed by atoms with van der Waals surface area (Å²) in [5.41, 5.74) is 0.246. The number of hydrogen-bond donors (Lipinski definition) is 3. The molecule has 132 valence electrons. The summed E-state index contributed by atoms with van der Waals surface area (Å²) in [6.07, 6.45) is 0. The van der Waals surface area contributed by atoms with Gasteiger partial charge in [0.1, 0.15) is 18.0 Å². The predicted octanol–water partition coefficient (Wildman–Crippen LogP) is 2.86. The van der Waals surface area contributed by atoms with Gasteiger partial charge >= 0.3 is 5.97 Å². The number of carboxylic acids is 1. The molecule has 3 aromatic rings. The molecule has 0 radical (unpaired) electrons. The number of benzene rings is 2. The first-order valence-corrected chi connectivity index (χ1v) is 7.73. The Morgan fingerprint density at radius 1 is 1.19 bits per heavy atom. The number of amides is 1. The molecule has 0 aliphatic rings. The summed E-state index contributed by atoms with van der Waals surface area (Å²) in [4.78, 5) is 26.8. The molecule has 0 aliphatic carbocycles. The molecule has 0 saturated carbocycles. The third-order valence-corrected chi connectivity index (χ3v) is 3.68. The van der Waals surface area contributed by atoms with Gasteiger partial charge in [-0.3, -0.25) is 9.59 Å². The van der Waals surface area contributed by atoms with Crippen molar-refractivity contribution in [2.45, 2.75) is 6.92 Å². The smallest absolute Gasteiger partial charge is 0.322 e. The molecule has 1 heterocycles. The molecule has 0 atom stereocenters. The minimum Gasteiger partial charge on any atom is -0.505 e. The Balaban J connectivity index is 1.94. The van der Waals surface area contributed by atoms with Crippen molar-refractivity contribution >= 4 is 22.6 Å². The van der Waals surface area contributed by atoms with E-state index >= 15 is 0 Å². The lowest BCUT2D eigenvalue weighted by molar-refractivity contribution is -0.135. The first-order valence-electron chi connectivity index (χ1n) is 8.23. The van der Waals surface area contributed by atoms with Crippen molar-refractivity contribution in [2.75, 3.05) is 6.54 Å². The normalized spacial score (nSPS) is 11.0. The highest BCUT2D eigenvalue weighted by molar-refractivity contribution is 6.03. The minimum atomic E-state index is -1.19. The van der Waals surface area contributed by atoms with E-state index < -0.39 is 18.4 Å². The average Bonchev–Trinajstić information content (AvgIpc) is 2.64. The summed E-state index contributed by atoms with van der Waals surface area (Å²) in [6, 6.07) is 11.9. The Kier molecular flexibility index (Phi) is 4.34. The lowest BCUT2D eigenvalue weighted by Crippen LogP contribution is -2.30. The summed E-state index contributed by atoms with van der Waals surface area (Å²) >= 11 is 0. The predicted molar refractivity (Wildman–Crippen MR) is 94.6 cm³/mol. The zero-order valence-electron chi connectivity index (χ0n) is 14.8. The van der Waals surface area contributed by atoms with Crippen LogP contribution in [-0.4, -0.2) is 33.6 Å². The molecule has 2 aromatic carbocycles. The second-order valence-electron chi connectivity index (χ2n) is 5.52. The van der Waals surface area contributed by atoms with E-state index in [2.05, 4.69) is 10.3 Å². The number of aliphatic carboxylic acids is 1. The second-order valence-corrected chi connectivity index (χ2v) is 5.52. The van der Waals surface area contributed by atoms with E-state index in [-0.39, 0.29) is 11.4 Å². The number of carbonyl (C=O) groups excluding carboxylic acids is 1. The van der Waals surface area contributed by atoms with Crippen molar-refractivity contribution in [1.29, 1.82) is 0 Å². The summed E-state index contributed by atoms with van der Waals surface area (Å²) in [6.45, 7) is 1.11. The number of nitrogens with one attached hydrogen (secondary N) is 1. The van der Waals surface area contributed by atoms with E-state index in [9.17, 15) is 14.7 Å². The zero-order chi connectivity index (χ0) is 19.6. The largest absolute Gasteiger partial charge is 0.505 e. The van der Waals surface area contributed by atoms with Gasteiger partial charge in [0.05, 0.1) is 1.37 Å². The molecule has 0 spiro atoms. The van der Waals surface area contributed by atoms with Crippen LogP contribution < -0.4 is 10.1 Å². The molecule has 3 rings (SSSR count). The van der Waals surface area contributed by atoms with Crippen molar-refractivity contribution in [2.24, 2.45) is 0 Å². The maximum absolute atomic E-state index is 12.1. The number of rotatable bonds is 5. The molecule has 1 aromatic heterocycles. The average molecular weight is 353 g/mol. The van der Waals surface area contributed by atoms with Crippen LogP contribution >= 0.6 is 0 Å². The summed E-state index contributed by atoms with van der Waals surface area (Å²) < 4.78 is 13.2. The summed E-state index contributed by atoms with van der Waals surface area (Å²) in [5, 5.41) is 22.2. The number of ether oxygens (including phenoxy) is 1. The summed E-state index contributed by atoms with van der Waals surface area (Å²) in [5.74, 6) is -1.22. The molecule has 0 unspecified atom stereocenters. The van der Waals surface area contributed by atoms with Crippen molar-refractivity contribution in [1.82, 2.24) is 10.3 Å². The molecular formula is C19H16N2O5. The number of carboxylic acid groups (broad SMARTS) is 1. The lowest BCUT2D eigenvalue weighted by atomic mass is 10.1. The van der Waals surface area contributed by atoms with E-state index in [0.717, 1.165) is 0 Å². The van der Waals surface area contributed by atoms with Gasteiger partial charge < -0.3 is 20.3 Å². The molecule has 0 aliphatic heterocycles. The van der Waals surface area contributed by atoms with Gasteiger partial charge in [-0.25, -0.2) is 4.98 Å². The van der Waals surface area contributed by atoms with E-state index in [1.807, 2.05) is 0 Å². The molecule has 0 bridgehead atoms. The van der Waals surface area contributed by atoms with Gasteiger partial charge in [-0.2, -0.15) is 0 Å². The van der Waals surface area contributed by atoms with Crippen LogP contribution in [0.25, 0.3) is 10.8 Å². The van der Waals surface area contributed by atoms with Crippen LogP contribution in [0.1, 0.15) is 17.6 Å². The number of carbonyl (C=O) groups is 2. The topological polar surface area (TPSA) is 109 Å². The molecule has 7 heteroatoms. The highest BCUT2D eigenvalue weighted by Crippen LogP contribution is 2.33. The number of fused-ring (bicyclic) bond motifs is 1. The molecule has 1 amide bonds. The van der Waals surface area contributed by atoms with Gasteiger partial charge in [-0.1, -0.05) is 18.2 Å². The molecule has 0 fully saturated rings. The monoisotopic (exact) mass is 353 g/mol. The molecular weight excluding hydrogens is 336 g/mol. The van der Waals surface area contributed by atoms with Crippen LogP contribution in [0.2, 0.25) is 0 Å². The number of para-hydroxylation sites is 1. The Morgan fingerprint density at radius 3 is 2.62 bits per heavy atom. The lowest BCUT2D eigenvalue weighted by Gasteiger charge is -2.12. The second kappa shape index (κ2) is 7.10. The highest BCUT2D eigenvalue weighted by Gasteiger charge is 2.18. The quantitative estimate of drug-likeness (QED) is 0.651. The fourth-order valence-electron chi connectivity index (χ4n) is 2.47. The van der Waals surface area contributed by atoms with Crippen molar-refractivity contribution in [3.63, 3.8) is 0 Å². The maximum atomic E-state index is 12.1. The van der Waals surface area contributed by atoms with Gasteiger partial charge in [0.15, 0.2) is 11.4 Å². The van der Waals surface area contributed by atoms with Crippen molar-refractivity contribution < 1.29 is 25.9 Å². The van der Waals surface area contributed by atoms with E-state index in [1.165, 1.54) is 0 Å². The van der Waals surface area contributed by atoms with Crippen molar-refractivity contribution in [3.8, 4) is 17.2 Å². The Bertz CT molecular complexity index is 1030. The highest BCUT2D eigenvalue weighted by atomic mass is 16.5. The summed E-state index contributed by atoms with van der Waals surface area (Å²) in [7, 11) is 0. The van der Waals surface area contributed by atoms with Crippen LogP contribution in [0.15, 0.2) is 48.5 Å². The molecule has 0 saturated heterocycles. The van der Waals surface area contributed by atoms with E-state index in [1.54, 1.807) is 49.4 Å². The SMILES string of the molecule is [2H]c1ccc(Oc2ccc3c(O)c(C(=O)NCC(=O)O)nc(C)c3c2)cc1. The first-order chi connectivity index (χ1) is 12.8. The van der Waals surface area contributed by atoms with Gasteiger partial charge in [-0.15, -0.1) is 0 Å². The standard InChI is InChI=1S/C19H16N2O5/c1-11-15-9-13(26-12-5-3-2-4-6-12)7-8-14(15)18(24)17(21-11)19(25)20-10-16(22)23/h2-9,24H,10H2,1H3,(H,20,25)(H,22,23)/i2D. The van der Waals surface area contributed by atoms with Crippen LogP contribution in [0.4, 0.5) is 0 Å². The third-order valence-electron chi connectivity index (χ3n) is 3.68. The number of aryl methyl sites for hydroxylation is 1. The van der Waals surface area contributed by atoms with Crippen molar-refractivity contribution in [3.05, 3.63) is 59.9 Å². The van der Waals surface area contributed by atoms with Crippen LogP contribution in [-0.2, 0) is 4.79 Å². The van der Waals surface area contributed by atoms with E-state index in [4.69, 9.17) is 11.2 Å². The first kappa shape index (κ1) is 15.9. The number of aromatic nitrogens is 1. The van der Waals surface area contributed by atoms with Crippen LogP contribution in [0.3, 0.4) is 0 Å². The number of nitrogens with zero attached hydrogens (tertiary/aromatic N) is 1. The van der Waals surface area contributed by atoms with Crippen LogP contribution in [0, 0.1) is 6.92 Å². The van der Waals surface area contributed by atoms with Crippen LogP contribution in [0.5, 0.6) is 17.2 Å². The number of pyridine rings is 1. The Labute approximate surface area is 150 Å². The van der Waals surface area contributed by atoms with Gasteiger partial charge in [0, 0.05) is 16.5 Å². The van der Waals surface area contributed by atoms with Gasteiger partial charge in [0.2, 0.25) is 0 Å². The fourth-order valence-corrected chi connectivity index (χ4v) is 2.47. The Morgan fingerprint density at radius 2 is 1.92 bits per heavy atom. The fraction of sp³-hybridized carbons (Fsp3) is 0.105. The third kappa shape index (κ3) is 3.56. The molecule has 7 nitrogen and oxygen atoms in total. The number of aromatic hydroxyl groups is 1. The molecule has 26 heavy (non-hydrogen) atoms. The van der Waals surface area contributed by atoms with Gasteiger partial charge in [0.25, 0.3) is 5.91 Å². The Hall–Kier alpha value is -3.61. The molecule has 3 N–H and O–H groups in total. The maximum Gasteiger partial charge on any atom is 0.322 e. The minimum absolute atomic E-state index is 0.235. The van der Waals surface area contributed by atoms with Gasteiger partial charge in [-0.05, 0) is 37.3 Å². The van der Waals surface area contributed by atoms with E-state index in [0.29, 0.717) is 34.0 Å². The zero-order valence-corrected chi connectivity index (χ0v) is 13.8. The number of hydrogen-bond acceptors (Lipinski definition) is 5.